The van der Waals surface area contributed by atoms with Gasteiger partial charge in [0.25, 0.3) is 5.56 Å². The van der Waals surface area contributed by atoms with Crippen LogP contribution in [0.4, 0.5) is 25.8 Å². The first-order chi connectivity index (χ1) is 14.2. The SMILES string of the molecule is C=CCC1(S(=O)(=O)Nc2c(Nc3ccc(I)cc3F)c(F)c(=O)n3c2CCC3)CC1. The summed E-state index contributed by atoms with van der Waals surface area (Å²) in [7, 11) is -3.88. The Kier molecular flexibility index (Phi) is 5.41. The predicted molar refractivity (Wildman–Crippen MR) is 121 cm³/mol. The van der Waals surface area contributed by atoms with E-state index in [1.807, 2.05) is 22.6 Å². The van der Waals surface area contributed by atoms with Crippen LogP contribution in [0.2, 0.25) is 0 Å². The first kappa shape index (κ1) is 21.3. The Labute approximate surface area is 186 Å². The van der Waals surface area contributed by atoms with Gasteiger partial charge in [0.05, 0.1) is 16.1 Å². The number of pyridine rings is 1. The van der Waals surface area contributed by atoms with E-state index >= 15 is 4.39 Å². The lowest BCUT2D eigenvalue weighted by molar-refractivity contribution is 0.578. The highest BCUT2D eigenvalue weighted by molar-refractivity contribution is 14.1. The maximum atomic E-state index is 15.1. The van der Waals surface area contributed by atoms with Crippen LogP contribution in [0.5, 0.6) is 0 Å². The van der Waals surface area contributed by atoms with E-state index in [-0.39, 0.29) is 23.5 Å². The highest BCUT2D eigenvalue weighted by Gasteiger charge is 2.54. The molecule has 0 spiro atoms. The van der Waals surface area contributed by atoms with E-state index in [1.165, 1.54) is 16.7 Å². The third-order valence-electron chi connectivity index (χ3n) is 5.63. The molecule has 1 aliphatic heterocycles. The standard InChI is InChI=1S/C20H20F2IN3O3S/c1-2-7-20(8-9-20)30(28,29)25-17-15-4-3-10-26(15)19(27)16(22)18(17)24-14-6-5-12(23)11-13(14)21/h2,5-6,11,24-25H,1,3-4,7-10H2. The van der Waals surface area contributed by atoms with Crippen LogP contribution >= 0.6 is 22.6 Å². The van der Waals surface area contributed by atoms with Crippen molar-refractivity contribution < 1.29 is 17.2 Å². The van der Waals surface area contributed by atoms with Gasteiger partial charge < -0.3 is 9.88 Å². The van der Waals surface area contributed by atoms with E-state index < -0.39 is 32.0 Å². The predicted octanol–water partition coefficient (Wildman–Crippen LogP) is 4.27. The van der Waals surface area contributed by atoms with Gasteiger partial charge in [-0.2, -0.15) is 4.39 Å². The Bertz CT molecular complexity index is 1210. The number of anilines is 3. The van der Waals surface area contributed by atoms with Crippen molar-refractivity contribution in [1.82, 2.24) is 4.57 Å². The summed E-state index contributed by atoms with van der Waals surface area (Å²) in [6, 6.07) is 4.30. The van der Waals surface area contributed by atoms with Gasteiger partial charge in [-0.25, -0.2) is 12.8 Å². The molecule has 30 heavy (non-hydrogen) atoms. The Balaban J connectivity index is 1.85. The highest BCUT2D eigenvalue weighted by atomic mass is 127. The van der Waals surface area contributed by atoms with Crippen molar-refractivity contribution in [3.63, 3.8) is 0 Å². The second-order valence-electron chi connectivity index (χ2n) is 7.60. The van der Waals surface area contributed by atoms with E-state index in [4.69, 9.17) is 0 Å². The van der Waals surface area contributed by atoms with Crippen molar-refractivity contribution in [1.29, 1.82) is 0 Å². The van der Waals surface area contributed by atoms with Gasteiger partial charge in [0.2, 0.25) is 15.8 Å². The summed E-state index contributed by atoms with van der Waals surface area (Å²) < 4.78 is 59.1. The van der Waals surface area contributed by atoms with Crippen molar-refractivity contribution in [2.75, 3.05) is 10.0 Å². The van der Waals surface area contributed by atoms with Crippen LogP contribution in [0.25, 0.3) is 0 Å². The van der Waals surface area contributed by atoms with Crippen molar-refractivity contribution in [3.05, 3.63) is 62.1 Å². The van der Waals surface area contributed by atoms with E-state index in [0.29, 0.717) is 41.5 Å². The van der Waals surface area contributed by atoms with Gasteiger partial charge in [-0.3, -0.25) is 9.52 Å². The lowest BCUT2D eigenvalue weighted by Crippen LogP contribution is -2.32. The second kappa shape index (κ2) is 7.63. The molecule has 1 fully saturated rings. The Hall–Kier alpha value is -1.95. The molecule has 1 aliphatic carbocycles. The van der Waals surface area contributed by atoms with Crippen molar-refractivity contribution >= 4 is 49.7 Å². The number of nitrogens with zero attached hydrogens (tertiary/aromatic N) is 1. The van der Waals surface area contributed by atoms with E-state index in [2.05, 4.69) is 16.6 Å². The summed E-state index contributed by atoms with van der Waals surface area (Å²) in [6.07, 6.45) is 3.76. The maximum Gasteiger partial charge on any atom is 0.289 e. The van der Waals surface area contributed by atoms with Crippen LogP contribution in [0.15, 0.2) is 35.6 Å². The number of hydrogen-bond acceptors (Lipinski definition) is 4. The molecule has 0 bridgehead atoms. The molecule has 0 radical (unpaired) electrons. The molecule has 10 heteroatoms. The van der Waals surface area contributed by atoms with Crippen molar-refractivity contribution in [2.24, 2.45) is 0 Å². The molecule has 0 saturated heterocycles. The smallest absolute Gasteiger partial charge is 0.289 e. The number of aromatic nitrogens is 1. The minimum atomic E-state index is -3.88. The molecule has 160 valence electrons. The van der Waals surface area contributed by atoms with Gasteiger partial charge in [0, 0.05) is 15.8 Å². The zero-order valence-corrected chi connectivity index (χ0v) is 18.9. The second-order valence-corrected chi connectivity index (χ2v) is 10.9. The fourth-order valence-corrected chi connectivity index (χ4v) is 5.95. The molecule has 1 aromatic heterocycles. The summed E-state index contributed by atoms with van der Waals surface area (Å²) >= 11 is 1.94. The van der Waals surface area contributed by atoms with Crippen molar-refractivity contribution in [2.45, 2.75) is 43.4 Å². The van der Waals surface area contributed by atoms with Crippen LogP contribution in [-0.2, 0) is 23.0 Å². The van der Waals surface area contributed by atoms with E-state index in [9.17, 15) is 17.6 Å². The fourth-order valence-electron chi connectivity index (χ4n) is 3.82. The molecular weight excluding hydrogens is 527 g/mol. The largest absolute Gasteiger partial charge is 0.349 e. The Morgan fingerprint density at radius 3 is 2.63 bits per heavy atom. The van der Waals surface area contributed by atoms with Crippen LogP contribution in [0, 0.1) is 15.2 Å². The molecule has 6 nitrogen and oxygen atoms in total. The quantitative estimate of drug-likeness (QED) is 0.401. The average molecular weight is 547 g/mol. The molecule has 0 unspecified atom stereocenters. The topological polar surface area (TPSA) is 80.2 Å². The van der Waals surface area contributed by atoms with Gasteiger partial charge in [-0.15, -0.1) is 6.58 Å². The molecule has 2 N–H and O–H groups in total. The lowest BCUT2D eigenvalue weighted by atomic mass is 10.2. The number of allylic oxidation sites excluding steroid dienone is 1. The Morgan fingerprint density at radius 2 is 2.00 bits per heavy atom. The van der Waals surface area contributed by atoms with Gasteiger partial charge in [0.1, 0.15) is 11.5 Å². The summed E-state index contributed by atoms with van der Waals surface area (Å²) in [6.45, 7) is 3.93. The number of halogens is 3. The number of nitrogens with one attached hydrogen (secondary N) is 2. The molecule has 0 atom stereocenters. The summed E-state index contributed by atoms with van der Waals surface area (Å²) in [5.74, 6) is -1.79. The lowest BCUT2D eigenvalue weighted by Gasteiger charge is -2.22. The average Bonchev–Trinajstić information content (AvgIpc) is 3.32. The number of rotatable bonds is 7. The molecule has 2 aromatic rings. The number of sulfonamides is 1. The van der Waals surface area contributed by atoms with Crippen LogP contribution in [0.1, 0.15) is 31.4 Å². The minimum Gasteiger partial charge on any atom is -0.349 e. The minimum absolute atomic E-state index is 0.0297. The first-order valence-corrected chi connectivity index (χ1v) is 12.1. The fraction of sp³-hybridized carbons (Fsp3) is 0.350. The number of fused-ring (bicyclic) bond motifs is 1. The van der Waals surface area contributed by atoms with E-state index in [0.717, 1.165) is 0 Å². The molecule has 1 saturated carbocycles. The normalized spacial score (nSPS) is 16.8. The first-order valence-electron chi connectivity index (χ1n) is 9.49. The third kappa shape index (κ3) is 3.53. The van der Waals surface area contributed by atoms with Crippen molar-refractivity contribution in [3.8, 4) is 0 Å². The summed E-state index contributed by atoms with van der Waals surface area (Å²) in [5, 5.41) is 2.62. The molecule has 4 rings (SSSR count). The molecule has 0 amide bonds. The third-order valence-corrected chi connectivity index (χ3v) is 8.49. The zero-order chi connectivity index (χ0) is 21.7. The van der Waals surface area contributed by atoms with Gasteiger partial charge in [-0.1, -0.05) is 6.08 Å². The highest BCUT2D eigenvalue weighted by Crippen LogP contribution is 2.48. The van der Waals surface area contributed by atoms with Gasteiger partial charge >= 0.3 is 0 Å². The monoisotopic (exact) mass is 547 g/mol. The van der Waals surface area contributed by atoms with Crippen LogP contribution < -0.4 is 15.6 Å². The zero-order valence-electron chi connectivity index (χ0n) is 16.0. The summed E-state index contributed by atoms with van der Waals surface area (Å²) in [5.41, 5.74) is -0.896. The van der Waals surface area contributed by atoms with Gasteiger partial charge in [0.15, 0.2) is 0 Å². The van der Waals surface area contributed by atoms with E-state index in [1.54, 1.807) is 12.1 Å². The van der Waals surface area contributed by atoms with Gasteiger partial charge in [-0.05, 0) is 72.9 Å². The maximum absolute atomic E-state index is 15.1. The molecule has 2 heterocycles. The molecular formula is C20H20F2IN3O3S. The Morgan fingerprint density at radius 1 is 1.27 bits per heavy atom. The number of hydrogen-bond donors (Lipinski definition) is 2. The molecule has 1 aromatic carbocycles. The van der Waals surface area contributed by atoms with Crippen LogP contribution in [-0.4, -0.2) is 17.7 Å². The molecule has 2 aliphatic rings. The number of benzene rings is 1. The van der Waals surface area contributed by atoms with Crippen LogP contribution in [0.3, 0.4) is 0 Å². The summed E-state index contributed by atoms with van der Waals surface area (Å²) in [4.78, 5) is 12.5.